The van der Waals surface area contributed by atoms with Gasteiger partial charge in [0.15, 0.2) is 22.9 Å². The molecule has 1 heterocycles. The van der Waals surface area contributed by atoms with Crippen LogP contribution in [0.1, 0.15) is 10.5 Å². The summed E-state index contributed by atoms with van der Waals surface area (Å²) >= 11 is 0. The summed E-state index contributed by atoms with van der Waals surface area (Å²) in [4.78, 5) is 10.9. The summed E-state index contributed by atoms with van der Waals surface area (Å²) in [5.74, 6) is 0. The van der Waals surface area contributed by atoms with Crippen molar-refractivity contribution in [3.8, 4) is 11.3 Å². The Morgan fingerprint density at radius 1 is 1.16 bits per heavy atom. The molecule has 0 radical (unpaired) electrons. The number of halogens is 1. The first-order valence-corrected chi connectivity index (χ1v) is 7.37. The average Bonchev–Trinajstić information content (AvgIpc) is 2.80. The van der Waals surface area contributed by atoms with E-state index in [-0.39, 0.29) is 10.6 Å². The normalized spacial score (nSPS) is 11.5. The highest BCUT2D eigenvalue weighted by molar-refractivity contribution is 7.90. The van der Waals surface area contributed by atoms with Crippen molar-refractivity contribution in [2.45, 2.75) is 11.7 Å². The lowest BCUT2D eigenvalue weighted by Crippen LogP contribution is -2.01. The van der Waals surface area contributed by atoms with Gasteiger partial charge >= 0.3 is 0 Å². The molecule has 100 valence electrons. The van der Waals surface area contributed by atoms with E-state index in [0.29, 0.717) is 17.5 Å². The van der Waals surface area contributed by atoms with Crippen molar-refractivity contribution in [1.82, 2.24) is 4.57 Å². The van der Waals surface area contributed by atoms with Crippen LogP contribution in [0.4, 0.5) is 4.39 Å². The van der Waals surface area contributed by atoms with Crippen molar-refractivity contribution >= 4 is 16.1 Å². The van der Waals surface area contributed by atoms with E-state index in [1.165, 1.54) is 22.8 Å². The van der Waals surface area contributed by atoms with Crippen LogP contribution in [0.25, 0.3) is 11.3 Å². The fraction of sp³-hybridized carbons (Fsp3) is 0.154. The van der Waals surface area contributed by atoms with Gasteiger partial charge in [-0.1, -0.05) is 12.1 Å². The number of alkyl halides is 1. The second kappa shape index (κ2) is 4.97. The van der Waals surface area contributed by atoms with Crippen LogP contribution < -0.4 is 0 Å². The van der Waals surface area contributed by atoms with E-state index in [1.807, 2.05) is 0 Å². The number of carbonyl (C=O) groups is 1. The lowest BCUT2D eigenvalue weighted by molar-refractivity contribution is 0.111. The molecule has 4 nitrogen and oxygen atoms in total. The number of benzene rings is 1. The van der Waals surface area contributed by atoms with Crippen molar-refractivity contribution < 1.29 is 17.6 Å². The Bertz CT molecular complexity index is 702. The van der Waals surface area contributed by atoms with Crippen LogP contribution in [0.2, 0.25) is 0 Å². The van der Waals surface area contributed by atoms with Crippen molar-refractivity contribution in [2.24, 2.45) is 0 Å². The molecule has 0 atom stereocenters. The molecule has 0 bridgehead atoms. The first-order valence-electron chi connectivity index (χ1n) is 5.48. The van der Waals surface area contributed by atoms with Crippen LogP contribution in [0.3, 0.4) is 0 Å². The molecule has 19 heavy (non-hydrogen) atoms. The molecule has 0 spiro atoms. The molecule has 0 amide bonds. The maximum atomic E-state index is 12.9. The highest BCUT2D eigenvalue weighted by atomic mass is 32.2. The molecular formula is C13H12FNO3S. The standard InChI is InChI=1S/C13H12FNO3S/c1-19(17,18)12-5-2-10(3-6-12)13-7-4-11(8-16)15(13)9-14/h2-8H,9H2,1H3. The molecule has 0 aliphatic carbocycles. The second-order valence-corrected chi connectivity index (χ2v) is 6.12. The minimum Gasteiger partial charge on any atom is -0.310 e. The highest BCUT2D eigenvalue weighted by Gasteiger charge is 2.11. The van der Waals surface area contributed by atoms with Crippen molar-refractivity contribution in [2.75, 3.05) is 6.26 Å². The summed E-state index contributed by atoms with van der Waals surface area (Å²) in [6.07, 6.45) is 1.70. The number of hydrogen-bond acceptors (Lipinski definition) is 3. The molecule has 1 aromatic carbocycles. The van der Waals surface area contributed by atoms with E-state index >= 15 is 0 Å². The van der Waals surface area contributed by atoms with Gasteiger partial charge in [0.2, 0.25) is 0 Å². The van der Waals surface area contributed by atoms with Crippen LogP contribution in [-0.2, 0) is 16.6 Å². The first-order chi connectivity index (χ1) is 8.97. The molecule has 0 saturated carbocycles. The third-order valence-electron chi connectivity index (χ3n) is 2.83. The van der Waals surface area contributed by atoms with Crippen LogP contribution in [0.5, 0.6) is 0 Å². The summed E-state index contributed by atoms with van der Waals surface area (Å²) in [6, 6.07) is 9.24. The Morgan fingerprint density at radius 2 is 1.79 bits per heavy atom. The van der Waals surface area contributed by atoms with Gasteiger partial charge in [0.25, 0.3) is 0 Å². The molecule has 1 aromatic heterocycles. The number of hydrogen-bond donors (Lipinski definition) is 0. The van der Waals surface area contributed by atoms with Crippen LogP contribution >= 0.6 is 0 Å². The van der Waals surface area contributed by atoms with Crippen molar-refractivity contribution in [3.05, 3.63) is 42.1 Å². The Hall–Kier alpha value is -1.95. The second-order valence-electron chi connectivity index (χ2n) is 4.11. The topological polar surface area (TPSA) is 56.1 Å². The molecule has 0 fully saturated rings. The van der Waals surface area contributed by atoms with Gasteiger partial charge in [0.1, 0.15) is 0 Å². The largest absolute Gasteiger partial charge is 0.310 e. The Kier molecular flexibility index (Phi) is 3.53. The number of nitrogens with zero attached hydrogens (tertiary/aromatic N) is 1. The predicted octanol–water partition coefficient (Wildman–Crippen LogP) is 2.30. The Morgan fingerprint density at radius 3 is 2.26 bits per heavy atom. The molecule has 6 heteroatoms. The lowest BCUT2D eigenvalue weighted by atomic mass is 10.1. The van der Waals surface area contributed by atoms with Crippen molar-refractivity contribution in [3.63, 3.8) is 0 Å². The lowest BCUT2D eigenvalue weighted by Gasteiger charge is -2.07. The minimum absolute atomic E-state index is 0.199. The molecule has 0 aliphatic heterocycles. The van der Waals surface area contributed by atoms with Gasteiger partial charge in [0.05, 0.1) is 16.3 Å². The summed E-state index contributed by atoms with van der Waals surface area (Å²) in [7, 11) is -3.25. The van der Waals surface area contributed by atoms with Gasteiger partial charge in [-0.05, 0) is 29.8 Å². The van der Waals surface area contributed by atoms with Gasteiger partial charge in [-0.25, -0.2) is 12.8 Å². The SMILES string of the molecule is CS(=O)(=O)c1ccc(-c2ccc(C=O)n2CF)cc1. The van der Waals surface area contributed by atoms with E-state index in [1.54, 1.807) is 18.2 Å². The molecule has 0 unspecified atom stereocenters. The van der Waals surface area contributed by atoms with E-state index in [2.05, 4.69) is 0 Å². The van der Waals surface area contributed by atoms with Gasteiger partial charge in [0, 0.05) is 6.26 Å². The van der Waals surface area contributed by atoms with Crippen LogP contribution in [0, 0.1) is 0 Å². The van der Waals surface area contributed by atoms with Gasteiger partial charge in [-0.2, -0.15) is 0 Å². The molecule has 0 saturated heterocycles. The minimum atomic E-state index is -3.25. The highest BCUT2D eigenvalue weighted by Crippen LogP contribution is 2.24. The predicted molar refractivity (Wildman–Crippen MR) is 69.5 cm³/mol. The van der Waals surface area contributed by atoms with Crippen LogP contribution in [0.15, 0.2) is 41.3 Å². The molecule has 0 N–H and O–H groups in total. The van der Waals surface area contributed by atoms with Crippen LogP contribution in [-0.4, -0.2) is 25.5 Å². The third-order valence-corrected chi connectivity index (χ3v) is 3.96. The summed E-state index contributed by atoms with van der Waals surface area (Å²) < 4.78 is 36.8. The smallest absolute Gasteiger partial charge is 0.175 e. The zero-order chi connectivity index (χ0) is 14.0. The zero-order valence-electron chi connectivity index (χ0n) is 10.2. The van der Waals surface area contributed by atoms with E-state index < -0.39 is 16.6 Å². The van der Waals surface area contributed by atoms with Crippen molar-refractivity contribution in [1.29, 1.82) is 0 Å². The summed E-state index contributed by atoms with van der Waals surface area (Å²) in [5, 5.41) is 0. The summed E-state index contributed by atoms with van der Waals surface area (Å²) in [6.45, 7) is -0.815. The molecule has 0 aliphatic rings. The average molecular weight is 281 g/mol. The first kappa shape index (κ1) is 13.5. The fourth-order valence-electron chi connectivity index (χ4n) is 1.84. The maximum Gasteiger partial charge on any atom is 0.175 e. The number of sulfone groups is 1. The fourth-order valence-corrected chi connectivity index (χ4v) is 2.48. The quantitative estimate of drug-likeness (QED) is 0.808. The summed E-state index contributed by atoms with van der Waals surface area (Å²) in [5.41, 5.74) is 1.42. The molecule has 2 rings (SSSR count). The number of rotatable bonds is 4. The Labute approximate surface area is 110 Å². The number of aldehydes is 1. The molecule has 2 aromatic rings. The van der Waals surface area contributed by atoms with E-state index in [0.717, 1.165) is 6.26 Å². The number of carbonyl (C=O) groups excluding carboxylic acids is 1. The van der Waals surface area contributed by atoms with Gasteiger partial charge in [-0.3, -0.25) is 4.79 Å². The van der Waals surface area contributed by atoms with Gasteiger partial charge in [-0.15, -0.1) is 0 Å². The Balaban J connectivity index is 2.49. The zero-order valence-corrected chi connectivity index (χ0v) is 11.0. The van der Waals surface area contributed by atoms with Gasteiger partial charge < -0.3 is 4.57 Å². The monoisotopic (exact) mass is 281 g/mol. The maximum absolute atomic E-state index is 12.9. The van der Waals surface area contributed by atoms with E-state index in [9.17, 15) is 17.6 Å². The number of aromatic nitrogens is 1. The third kappa shape index (κ3) is 2.58. The van der Waals surface area contributed by atoms with E-state index in [4.69, 9.17) is 0 Å². The molecular weight excluding hydrogens is 269 g/mol.